The van der Waals surface area contributed by atoms with Gasteiger partial charge in [-0.2, -0.15) is 0 Å². The zero-order chi connectivity index (χ0) is 15.7. The van der Waals surface area contributed by atoms with E-state index in [2.05, 4.69) is 20.9 Å². The highest BCUT2D eigenvalue weighted by molar-refractivity contribution is 5.96. The quantitative estimate of drug-likeness (QED) is 0.871. The zero-order valence-electron chi connectivity index (χ0n) is 13.1. The lowest BCUT2D eigenvalue weighted by atomic mass is 9.86. The Morgan fingerprint density at radius 2 is 1.91 bits per heavy atom. The summed E-state index contributed by atoms with van der Waals surface area (Å²) in [6.45, 7) is 3.74. The van der Waals surface area contributed by atoms with Crippen LogP contribution in [-0.4, -0.2) is 40.4 Å². The van der Waals surface area contributed by atoms with E-state index in [1.807, 2.05) is 29.3 Å². The molecule has 1 spiro atoms. The molecule has 4 rings (SSSR count). The lowest BCUT2D eigenvalue weighted by molar-refractivity contribution is -0.117. The van der Waals surface area contributed by atoms with Gasteiger partial charge in [-0.05, 0) is 36.7 Å². The summed E-state index contributed by atoms with van der Waals surface area (Å²) in [5.74, 6) is 0.223. The van der Waals surface area contributed by atoms with E-state index in [1.54, 1.807) is 18.6 Å². The van der Waals surface area contributed by atoms with Gasteiger partial charge in [0.05, 0.1) is 11.9 Å². The molecule has 2 saturated heterocycles. The van der Waals surface area contributed by atoms with Crippen molar-refractivity contribution in [2.24, 2.45) is 5.41 Å². The predicted molar refractivity (Wildman–Crippen MR) is 87.8 cm³/mol. The van der Waals surface area contributed by atoms with E-state index in [0.717, 1.165) is 38.3 Å². The fourth-order valence-electron chi connectivity index (χ4n) is 3.83. The van der Waals surface area contributed by atoms with Crippen molar-refractivity contribution in [3.8, 4) is 0 Å². The standard InChI is InChI=1S/C18H20N4O/c23-17-9-18(14-22(17)16-4-2-7-20-11-16)5-8-21(13-18)12-15-3-1-6-19-10-15/h1-4,6-7,10-11H,5,8-9,12-14H2/t18-/m0/s1. The summed E-state index contributed by atoms with van der Waals surface area (Å²) < 4.78 is 0. The minimum absolute atomic E-state index is 0.0924. The second-order valence-electron chi connectivity index (χ2n) is 6.69. The van der Waals surface area contributed by atoms with Crippen molar-refractivity contribution in [3.63, 3.8) is 0 Å². The van der Waals surface area contributed by atoms with Gasteiger partial charge in [0.2, 0.25) is 5.91 Å². The Labute approximate surface area is 136 Å². The molecule has 118 valence electrons. The van der Waals surface area contributed by atoms with Crippen LogP contribution in [0.1, 0.15) is 18.4 Å². The smallest absolute Gasteiger partial charge is 0.227 e. The Kier molecular flexibility index (Phi) is 3.58. The van der Waals surface area contributed by atoms with Gasteiger partial charge < -0.3 is 4.90 Å². The van der Waals surface area contributed by atoms with Crippen LogP contribution in [0.15, 0.2) is 49.1 Å². The number of anilines is 1. The van der Waals surface area contributed by atoms with Crippen molar-refractivity contribution in [1.82, 2.24) is 14.9 Å². The second-order valence-corrected chi connectivity index (χ2v) is 6.69. The molecule has 2 aromatic heterocycles. The van der Waals surface area contributed by atoms with Crippen molar-refractivity contribution >= 4 is 11.6 Å². The molecule has 2 aliphatic rings. The van der Waals surface area contributed by atoms with E-state index >= 15 is 0 Å². The number of carbonyl (C=O) groups is 1. The van der Waals surface area contributed by atoms with E-state index in [-0.39, 0.29) is 11.3 Å². The predicted octanol–water partition coefficient (Wildman–Crippen LogP) is 2.11. The first-order valence-corrected chi connectivity index (χ1v) is 8.06. The minimum Gasteiger partial charge on any atom is -0.310 e. The number of aromatic nitrogens is 2. The number of hydrogen-bond acceptors (Lipinski definition) is 4. The average Bonchev–Trinajstić information content (AvgIpc) is 3.12. The molecule has 2 fully saturated rings. The Bertz CT molecular complexity index is 691. The monoisotopic (exact) mass is 308 g/mol. The van der Waals surface area contributed by atoms with Crippen LogP contribution < -0.4 is 4.90 Å². The van der Waals surface area contributed by atoms with Crippen molar-refractivity contribution < 1.29 is 4.79 Å². The van der Waals surface area contributed by atoms with Crippen LogP contribution in [0, 0.1) is 5.41 Å². The van der Waals surface area contributed by atoms with E-state index in [9.17, 15) is 4.79 Å². The Hall–Kier alpha value is -2.27. The third-order valence-electron chi connectivity index (χ3n) is 4.92. The normalized spacial score (nSPS) is 24.7. The van der Waals surface area contributed by atoms with Crippen LogP contribution in [0.25, 0.3) is 0 Å². The maximum Gasteiger partial charge on any atom is 0.227 e. The van der Waals surface area contributed by atoms with E-state index in [0.29, 0.717) is 6.42 Å². The molecule has 2 aliphatic heterocycles. The average molecular weight is 308 g/mol. The first-order chi connectivity index (χ1) is 11.2. The van der Waals surface area contributed by atoms with Crippen LogP contribution in [0.3, 0.4) is 0 Å². The molecule has 0 unspecified atom stereocenters. The molecule has 5 nitrogen and oxygen atoms in total. The highest BCUT2D eigenvalue weighted by Crippen LogP contribution is 2.41. The fourth-order valence-corrected chi connectivity index (χ4v) is 3.83. The van der Waals surface area contributed by atoms with Gasteiger partial charge in [-0.1, -0.05) is 6.07 Å². The van der Waals surface area contributed by atoms with Crippen LogP contribution >= 0.6 is 0 Å². The van der Waals surface area contributed by atoms with Crippen molar-refractivity contribution in [3.05, 3.63) is 54.6 Å². The zero-order valence-corrected chi connectivity index (χ0v) is 13.1. The van der Waals surface area contributed by atoms with Crippen LogP contribution in [0.2, 0.25) is 0 Å². The fraction of sp³-hybridized carbons (Fsp3) is 0.389. The Morgan fingerprint density at radius 1 is 1.09 bits per heavy atom. The summed E-state index contributed by atoms with van der Waals surface area (Å²) in [5, 5.41) is 0. The summed E-state index contributed by atoms with van der Waals surface area (Å²) in [7, 11) is 0. The molecule has 23 heavy (non-hydrogen) atoms. The first-order valence-electron chi connectivity index (χ1n) is 8.06. The minimum atomic E-state index is 0.0924. The largest absolute Gasteiger partial charge is 0.310 e. The topological polar surface area (TPSA) is 49.3 Å². The van der Waals surface area contributed by atoms with Crippen LogP contribution in [0.4, 0.5) is 5.69 Å². The number of rotatable bonds is 3. The van der Waals surface area contributed by atoms with E-state index in [1.165, 1.54) is 5.56 Å². The third-order valence-corrected chi connectivity index (χ3v) is 4.92. The summed E-state index contributed by atoms with van der Waals surface area (Å²) in [6.07, 6.45) is 8.97. The number of hydrogen-bond donors (Lipinski definition) is 0. The second kappa shape index (κ2) is 5.74. The number of carbonyl (C=O) groups excluding carboxylic acids is 1. The molecule has 1 atom stereocenters. The van der Waals surface area contributed by atoms with Gasteiger partial charge in [-0.25, -0.2) is 0 Å². The third kappa shape index (κ3) is 2.84. The molecule has 1 amide bonds. The molecule has 0 N–H and O–H groups in total. The van der Waals surface area contributed by atoms with E-state index in [4.69, 9.17) is 0 Å². The van der Waals surface area contributed by atoms with Gasteiger partial charge in [0.25, 0.3) is 0 Å². The molecule has 0 radical (unpaired) electrons. The van der Waals surface area contributed by atoms with Gasteiger partial charge in [0, 0.05) is 50.1 Å². The molecular formula is C18H20N4O. The summed E-state index contributed by atoms with van der Waals surface area (Å²) in [6, 6.07) is 7.94. The van der Waals surface area contributed by atoms with Crippen LogP contribution in [0.5, 0.6) is 0 Å². The van der Waals surface area contributed by atoms with Gasteiger partial charge in [-0.3, -0.25) is 19.7 Å². The van der Waals surface area contributed by atoms with Gasteiger partial charge in [-0.15, -0.1) is 0 Å². The highest BCUT2D eigenvalue weighted by atomic mass is 16.2. The lowest BCUT2D eigenvalue weighted by Gasteiger charge is -2.24. The maximum absolute atomic E-state index is 12.5. The molecule has 0 aromatic carbocycles. The number of likely N-dealkylation sites (tertiary alicyclic amines) is 1. The van der Waals surface area contributed by atoms with Gasteiger partial charge in [0.15, 0.2) is 0 Å². The molecule has 4 heterocycles. The molecular weight excluding hydrogens is 288 g/mol. The first kappa shape index (κ1) is 14.3. The maximum atomic E-state index is 12.5. The summed E-state index contributed by atoms with van der Waals surface area (Å²) in [5.41, 5.74) is 2.24. The van der Waals surface area contributed by atoms with Crippen molar-refractivity contribution in [1.29, 1.82) is 0 Å². The lowest BCUT2D eigenvalue weighted by Crippen LogP contribution is -2.31. The number of amides is 1. The van der Waals surface area contributed by atoms with Crippen molar-refractivity contribution in [2.75, 3.05) is 24.5 Å². The van der Waals surface area contributed by atoms with Gasteiger partial charge >= 0.3 is 0 Å². The molecule has 0 aliphatic carbocycles. The Balaban J connectivity index is 1.45. The molecule has 0 bridgehead atoms. The molecule has 2 aromatic rings. The van der Waals surface area contributed by atoms with E-state index < -0.39 is 0 Å². The number of nitrogens with zero attached hydrogens (tertiary/aromatic N) is 4. The Morgan fingerprint density at radius 3 is 2.65 bits per heavy atom. The van der Waals surface area contributed by atoms with Gasteiger partial charge in [0.1, 0.15) is 0 Å². The summed E-state index contributed by atoms with van der Waals surface area (Å²) >= 11 is 0. The van der Waals surface area contributed by atoms with Crippen LogP contribution in [-0.2, 0) is 11.3 Å². The molecule has 5 heteroatoms. The highest BCUT2D eigenvalue weighted by Gasteiger charge is 2.47. The number of pyridine rings is 2. The summed E-state index contributed by atoms with van der Waals surface area (Å²) in [4.78, 5) is 25.1. The SMILES string of the molecule is O=C1C[C@]2(CCN(Cc3cccnc3)C2)CN1c1cccnc1. The molecule has 0 saturated carbocycles. The van der Waals surface area contributed by atoms with Crippen molar-refractivity contribution in [2.45, 2.75) is 19.4 Å².